The van der Waals surface area contributed by atoms with Gasteiger partial charge in [-0.3, -0.25) is 0 Å². The summed E-state index contributed by atoms with van der Waals surface area (Å²) in [4.78, 5) is 0. The smallest absolute Gasteiger partial charge is 0.147 e. The molecule has 0 fully saturated rings. The van der Waals surface area contributed by atoms with Crippen molar-refractivity contribution < 1.29 is 17.4 Å². The Labute approximate surface area is 255 Å². The number of rotatable bonds is 6. The first-order valence-electron chi connectivity index (χ1n) is 14.2. The summed E-state index contributed by atoms with van der Waals surface area (Å²) in [6.45, 7) is 7.03. The van der Waals surface area contributed by atoms with E-state index >= 15 is 0 Å². The molecule has 0 bridgehead atoms. The zero-order chi connectivity index (χ0) is 26.5. The molecule has 2 unspecified atom stereocenters. The maximum absolute atomic E-state index is 3.74. The molecule has 0 N–H and O–H groups in total. The van der Waals surface area contributed by atoms with Gasteiger partial charge in [0.05, 0.1) is 0 Å². The first kappa shape index (κ1) is 31.0. The van der Waals surface area contributed by atoms with E-state index in [1.165, 1.54) is 33.4 Å². The minimum Gasteiger partial charge on any atom is -0.147 e. The monoisotopic (exact) mass is 660 g/mol. The van der Waals surface area contributed by atoms with Gasteiger partial charge in [-0.25, -0.2) is 0 Å². The van der Waals surface area contributed by atoms with E-state index in [-0.39, 0.29) is 24.8 Å². The number of halogens is 2. The molecule has 2 aliphatic rings. The third-order valence-corrected chi connectivity index (χ3v) is 26.4. The maximum Gasteiger partial charge on any atom is -0.147 e. The predicted octanol–water partition coefficient (Wildman–Crippen LogP) is 9.88. The third kappa shape index (κ3) is 5.00. The number of fused-ring (bicyclic) bond motifs is 2. The zero-order valence-electron chi connectivity index (χ0n) is 24.0. The van der Waals surface area contributed by atoms with E-state index < -0.39 is 17.4 Å². The molecule has 2 atom stereocenters. The Bertz CT molecular complexity index is 1570. The van der Waals surface area contributed by atoms with Crippen molar-refractivity contribution in [2.45, 2.75) is 43.2 Å². The van der Waals surface area contributed by atoms with E-state index in [1.54, 1.807) is 22.3 Å². The number of allylic oxidation sites excluding steroid dienone is 2. The van der Waals surface area contributed by atoms with Gasteiger partial charge in [-0.2, -0.15) is 0 Å². The Morgan fingerprint density at radius 3 is 1.30 bits per heavy atom. The van der Waals surface area contributed by atoms with E-state index in [4.69, 9.17) is 0 Å². The molecule has 0 saturated carbocycles. The first-order valence-corrected chi connectivity index (χ1v) is 27.8. The van der Waals surface area contributed by atoms with Gasteiger partial charge in [0.15, 0.2) is 0 Å². The number of hydrogen-bond donors (Lipinski definition) is 0. The van der Waals surface area contributed by atoms with Gasteiger partial charge < -0.3 is 0 Å². The Kier molecular flexibility index (Phi) is 9.09. The van der Waals surface area contributed by atoms with Crippen LogP contribution in [0.1, 0.15) is 65.6 Å². The molecule has 4 aromatic carbocycles. The van der Waals surface area contributed by atoms with Crippen LogP contribution in [0.15, 0.2) is 97.1 Å². The van der Waals surface area contributed by atoms with Crippen LogP contribution in [0, 0.1) is 0 Å². The molecule has 0 amide bonds. The molecule has 2 aliphatic carbocycles. The molecule has 0 nitrogen and oxygen atoms in total. The van der Waals surface area contributed by atoms with Crippen LogP contribution in [0.5, 0.6) is 0 Å². The Balaban J connectivity index is 0.00000185. The third-order valence-electron chi connectivity index (χ3n) is 9.17. The topological polar surface area (TPSA) is 0 Å². The van der Waals surface area contributed by atoms with Gasteiger partial charge in [0.25, 0.3) is 0 Å². The fraction of sp³-hybridized carbons (Fsp3) is 0.222. The van der Waals surface area contributed by atoms with E-state index in [1.807, 2.05) is 0 Å². The second-order valence-electron chi connectivity index (χ2n) is 12.3. The molecule has 0 aromatic heterocycles. The standard InChI is InChI=1S/2C17H15.2CH3.2ClH.H2Si.Zr/c2*1-2-13-7-5-6-10-17(13)16-11-14-8-3-4-9-15(14)12-16;;;;;;/h2*3-12H,2H2,1H3;2*1H3;2*1H;1H2;. The van der Waals surface area contributed by atoms with Crippen LogP contribution in [-0.2, 0) is 30.2 Å². The number of aryl methyl sites for hydroxylation is 2. The van der Waals surface area contributed by atoms with Gasteiger partial charge in [0.2, 0.25) is 0 Å². The van der Waals surface area contributed by atoms with Crippen molar-refractivity contribution in [1.82, 2.24) is 0 Å². The number of benzene rings is 4. The van der Waals surface area contributed by atoms with Crippen molar-refractivity contribution >= 4 is 55.0 Å². The molecular formula is C36H40Cl2SiZr. The molecule has 0 aliphatic heterocycles. The summed E-state index contributed by atoms with van der Waals surface area (Å²) >= 11 is -3.74. The Morgan fingerprint density at radius 2 is 0.900 bits per heavy atom. The largest absolute Gasteiger partial charge is 0.147 e. The van der Waals surface area contributed by atoms with Gasteiger partial charge >= 0.3 is 232 Å². The second kappa shape index (κ2) is 11.7. The van der Waals surface area contributed by atoms with Crippen LogP contribution in [-0.4, -0.2) is 6.88 Å². The summed E-state index contributed by atoms with van der Waals surface area (Å²) in [7, 11) is 0. The summed E-state index contributed by atoms with van der Waals surface area (Å²) in [5, 5.41) is 0. The molecule has 0 spiro atoms. The molecule has 0 heterocycles. The summed E-state index contributed by atoms with van der Waals surface area (Å²) in [6, 6.07) is 36.8. The van der Waals surface area contributed by atoms with Crippen LogP contribution in [0.3, 0.4) is 0 Å². The Morgan fingerprint density at radius 1 is 0.550 bits per heavy atom. The van der Waals surface area contributed by atoms with E-state index in [0.29, 0.717) is 7.25 Å². The molecule has 4 heteroatoms. The van der Waals surface area contributed by atoms with Crippen LogP contribution in [0.2, 0.25) is 9.26 Å². The van der Waals surface area contributed by atoms with E-state index in [9.17, 15) is 0 Å². The zero-order valence-corrected chi connectivity index (χ0v) is 29.5. The molecule has 0 radical (unpaired) electrons. The van der Waals surface area contributed by atoms with E-state index in [0.717, 1.165) is 12.8 Å². The van der Waals surface area contributed by atoms with Gasteiger partial charge in [0, 0.05) is 0 Å². The van der Waals surface area contributed by atoms with Crippen molar-refractivity contribution in [3.8, 4) is 0 Å². The Hall–Kier alpha value is -1.96. The molecule has 6 rings (SSSR count). The van der Waals surface area contributed by atoms with Crippen LogP contribution in [0.25, 0.3) is 23.3 Å². The van der Waals surface area contributed by atoms with Crippen molar-refractivity contribution in [2.24, 2.45) is 0 Å². The fourth-order valence-corrected chi connectivity index (χ4v) is 26.1. The van der Waals surface area contributed by atoms with Crippen LogP contribution in [0.4, 0.5) is 0 Å². The quantitative estimate of drug-likeness (QED) is 0.180. The SMILES string of the molecule is CCc1ccccc1C1=Cc2ccccc2[CH]1[Zr]([CH3])([CH3])(=[SiH2])[CH]1C(c2ccccc2CC)=Cc2ccccc21.Cl.Cl. The van der Waals surface area contributed by atoms with Crippen molar-refractivity contribution in [1.29, 1.82) is 0 Å². The fourth-order valence-electron chi connectivity index (χ4n) is 7.54. The van der Waals surface area contributed by atoms with Crippen LogP contribution >= 0.6 is 24.8 Å². The molecule has 4 aromatic rings. The number of hydrogen-bond acceptors (Lipinski definition) is 0. The maximum atomic E-state index is 2.75. The molecule has 0 saturated heterocycles. The minimum atomic E-state index is -3.74. The van der Waals surface area contributed by atoms with Gasteiger partial charge in [0.1, 0.15) is 0 Å². The predicted molar refractivity (Wildman–Crippen MR) is 181 cm³/mol. The molecule has 40 heavy (non-hydrogen) atoms. The molecule has 206 valence electrons. The summed E-state index contributed by atoms with van der Waals surface area (Å²) in [6.07, 6.45) is 7.18. The second-order valence-corrected chi connectivity index (χ2v) is 42.8. The van der Waals surface area contributed by atoms with E-state index in [2.05, 4.69) is 139 Å². The van der Waals surface area contributed by atoms with Crippen molar-refractivity contribution in [3.63, 3.8) is 0 Å². The minimum absolute atomic E-state index is 0. The van der Waals surface area contributed by atoms with Gasteiger partial charge in [-0.15, -0.1) is 24.8 Å². The van der Waals surface area contributed by atoms with Crippen molar-refractivity contribution in [3.05, 3.63) is 142 Å². The summed E-state index contributed by atoms with van der Waals surface area (Å²) in [5.41, 5.74) is 14.9. The molecular weight excluding hydrogens is 623 g/mol. The average molecular weight is 663 g/mol. The van der Waals surface area contributed by atoms with Gasteiger partial charge in [-0.05, 0) is 0 Å². The summed E-state index contributed by atoms with van der Waals surface area (Å²) < 4.78 is 6.44. The first-order chi connectivity index (χ1) is 18.3. The summed E-state index contributed by atoms with van der Waals surface area (Å²) in [5.74, 6) is 0. The normalized spacial score (nSPS) is 17.6. The van der Waals surface area contributed by atoms with Gasteiger partial charge in [-0.1, -0.05) is 0 Å². The van der Waals surface area contributed by atoms with Crippen LogP contribution < -0.4 is 0 Å². The van der Waals surface area contributed by atoms with Crippen molar-refractivity contribution in [2.75, 3.05) is 0 Å². The average Bonchev–Trinajstić information content (AvgIpc) is 3.53.